The number of rotatable bonds is 43. The SMILES string of the molecule is CC/C=C\C/C=C\C/C=C\C/C=C\C/C=C\C/C=C\CCCCC(=O)OC(COCCCCCCCCCC/C=C\C/C=C\CCCCC)COP(=O)(O)OCC[N+](C)(C)C. The molecule has 0 spiro atoms. The molecule has 8 nitrogen and oxygen atoms in total. The molecule has 61 heavy (non-hydrogen) atoms. The van der Waals surface area contributed by atoms with E-state index in [4.69, 9.17) is 18.5 Å². The molecular formula is C52H91NO7P+. The van der Waals surface area contributed by atoms with Crippen LogP contribution in [0.2, 0.25) is 0 Å². The minimum Gasteiger partial charge on any atom is -0.457 e. The molecule has 0 radical (unpaired) electrons. The van der Waals surface area contributed by atoms with E-state index in [9.17, 15) is 14.3 Å². The number of ether oxygens (including phenoxy) is 2. The highest BCUT2D eigenvalue weighted by atomic mass is 31.2. The van der Waals surface area contributed by atoms with E-state index in [-0.39, 0.29) is 32.2 Å². The third kappa shape index (κ3) is 48.3. The number of unbranched alkanes of at least 4 members (excludes halogenated alkanes) is 13. The molecule has 0 aromatic carbocycles. The maximum atomic E-state index is 12.7. The van der Waals surface area contributed by atoms with Gasteiger partial charge >= 0.3 is 13.8 Å². The van der Waals surface area contributed by atoms with E-state index < -0.39 is 13.9 Å². The number of nitrogens with zero attached hydrogens (tertiary/aromatic N) is 1. The van der Waals surface area contributed by atoms with Gasteiger partial charge in [0.15, 0.2) is 0 Å². The zero-order valence-electron chi connectivity index (χ0n) is 39.6. The molecule has 1 N–H and O–H groups in total. The number of hydrogen-bond donors (Lipinski definition) is 1. The number of phosphoric ester groups is 1. The monoisotopic (exact) mass is 873 g/mol. The van der Waals surface area contributed by atoms with Crippen molar-refractivity contribution >= 4 is 13.8 Å². The Labute approximate surface area is 375 Å². The van der Waals surface area contributed by atoms with Gasteiger partial charge < -0.3 is 18.9 Å². The molecule has 0 aliphatic rings. The number of carbonyl (C=O) groups excluding carboxylic acids is 1. The molecule has 350 valence electrons. The lowest BCUT2D eigenvalue weighted by atomic mass is 10.1. The van der Waals surface area contributed by atoms with Gasteiger partial charge in [-0.1, -0.05) is 162 Å². The van der Waals surface area contributed by atoms with Crippen molar-refractivity contribution in [3.8, 4) is 0 Å². The first-order chi connectivity index (χ1) is 29.6. The van der Waals surface area contributed by atoms with Gasteiger partial charge in [0.1, 0.15) is 19.3 Å². The summed E-state index contributed by atoms with van der Waals surface area (Å²) < 4.78 is 35.0. The van der Waals surface area contributed by atoms with Crippen LogP contribution < -0.4 is 0 Å². The van der Waals surface area contributed by atoms with Gasteiger partial charge in [0.25, 0.3) is 0 Å². The number of hydrogen-bond acceptors (Lipinski definition) is 6. The van der Waals surface area contributed by atoms with E-state index >= 15 is 0 Å². The normalized spacial score (nSPS) is 14.5. The van der Waals surface area contributed by atoms with Crippen molar-refractivity contribution in [2.75, 3.05) is 54.1 Å². The van der Waals surface area contributed by atoms with Crippen LogP contribution in [0.1, 0.15) is 168 Å². The van der Waals surface area contributed by atoms with E-state index in [0.717, 1.165) is 70.6 Å². The minimum atomic E-state index is -4.30. The minimum absolute atomic E-state index is 0.0731. The average molecular weight is 873 g/mol. The lowest BCUT2D eigenvalue weighted by Crippen LogP contribution is -2.37. The van der Waals surface area contributed by atoms with Crippen molar-refractivity contribution < 1.29 is 37.3 Å². The highest BCUT2D eigenvalue weighted by Crippen LogP contribution is 2.43. The maximum Gasteiger partial charge on any atom is 0.472 e. The fourth-order valence-electron chi connectivity index (χ4n) is 5.94. The van der Waals surface area contributed by atoms with Crippen LogP contribution in [0.3, 0.4) is 0 Å². The Morgan fingerprint density at radius 2 is 0.951 bits per heavy atom. The molecule has 2 unspecified atom stereocenters. The van der Waals surface area contributed by atoms with Gasteiger partial charge in [-0.15, -0.1) is 0 Å². The van der Waals surface area contributed by atoms with Crippen molar-refractivity contribution in [3.05, 3.63) is 97.2 Å². The highest BCUT2D eigenvalue weighted by Gasteiger charge is 2.26. The third-order valence-electron chi connectivity index (χ3n) is 9.63. The number of carbonyl (C=O) groups is 1. The highest BCUT2D eigenvalue weighted by molar-refractivity contribution is 7.47. The van der Waals surface area contributed by atoms with Crippen molar-refractivity contribution in [2.45, 2.75) is 174 Å². The fraction of sp³-hybridized carbons (Fsp3) is 0.673. The molecule has 0 amide bonds. The standard InChI is InChI=1S/C52H90NO7P/c1-6-8-10-12-14-16-18-20-22-24-26-27-28-29-31-33-35-37-39-41-43-45-52(54)60-51(50-59-61(55,56)58-48-46-53(3,4)5)49-57-47-44-42-40-38-36-34-32-30-25-23-21-19-17-15-13-11-9-7-2/h8,10,14-17,20-23,26-27,29,31,35,37,51H,6-7,9,11-13,18-19,24-25,28,30,32-34,36,38-50H2,1-5H3/p+1/b10-8-,16-14-,17-15-,22-20-,23-21-,27-26-,31-29-,37-35-. The second-order valence-corrected chi connectivity index (χ2v) is 18.2. The average Bonchev–Trinajstić information content (AvgIpc) is 3.22. The molecule has 0 aromatic rings. The molecule has 0 saturated heterocycles. The molecule has 0 bridgehead atoms. The van der Waals surface area contributed by atoms with Crippen LogP contribution in [0.15, 0.2) is 97.2 Å². The lowest BCUT2D eigenvalue weighted by molar-refractivity contribution is -0.870. The van der Waals surface area contributed by atoms with Crippen molar-refractivity contribution in [1.82, 2.24) is 0 Å². The van der Waals surface area contributed by atoms with E-state index in [1.54, 1.807) is 0 Å². The fourth-order valence-corrected chi connectivity index (χ4v) is 6.68. The predicted molar refractivity (Wildman–Crippen MR) is 261 cm³/mol. The van der Waals surface area contributed by atoms with Gasteiger partial charge in [-0.25, -0.2) is 4.57 Å². The Morgan fingerprint density at radius 1 is 0.525 bits per heavy atom. The molecule has 0 aliphatic carbocycles. The smallest absolute Gasteiger partial charge is 0.457 e. The van der Waals surface area contributed by atoms with E-state index in [2.05, 4.69) is 111 Å². The molecule has 0 aliphatic heterocycles. The Kier molecular flexibility index (Phi) is 42.2. The number of phosphoric acid groups is 1. The van der Waals surface area contributed by atoms with Crippen LogP contribution in [-0.2, 0) is 27.9 Å². The van der Waals surface area contributed by atoms with E-state index in [1.807, 2.05) is 21.1 Å². The number of quaternary nitrogens is 1. The van der Waals surface area contributed by atoms with Crippen LogP contribution in [0.5, 0.6) is 0 Å². The summed E-state index contributed by atoms with van der Waals surface area (Å²) in [6, 6.07) is 0. The van der Waals surface area contributed by atoms with Crippen LogP contribution in [0, 0.1) is 0 Å². The predicted octanol–water partition coefficient (Wildman–Crippen LogP) is 14.6. The summed E-state index contributed by atoms with van der Waals surface area (Å²) in [7, 11) is 1.62. The summed E-state index contributed by atoms with van der Waals surface area (Å²) in [6.07, 6.45) is 60.2. The van der Waals surface area contributed by atoms with Gasteiger partial charge in [-0.05, 0) is 96.3 Å². The van der Waals surface area contributed by atoms with Gasteiger partial charge in [0.2, 0.25) is 0 Å². The summed E-state index contributed by atoms with van der Waals surface area (Å²) in [5.74, 6) is -0.361. The van der Waals surface area contributed by atoms with Crippen LogP contribution in [0.4, 0.5) is 0 Å². The number of likely N-dealkylation sites (N-methyl/N-ethyl adjacent to an activating group) is 1. The molecule has 0 rings (SSSR count). The molecular weight excluding hydrogens is 782 g/mol. The Balaban J connectivity index is 4.32. The number of allylic oxidation sites excluding steroid dienone is 16. The van der Waals surface area contributed by atoms with Gasteiger partial charge in [-0.2, -0.15) is 0 Å². The first-order valence-corrected chi connectivity index (χ1v) is 25.5. The van der Waals surface area contributed by atoms with E-state index in [1.165, 1.54) is 70.6 Å². The molecule has 9 heteroatoms. The molecule has 0 fully saturated rings. The molecule has 2 atom stereocenters. The summed E-state index contributed by atoms with van der Waals surface area (Å²) in [5, 5.41) is 0. The maximum absolute atomic E-state index is 12.7. The Bertz CT molecular complexity index is 1290. The van der Waals surface area contributed by atoms with E-state index in [0.29, 0.717) is 24.1 Å². The second kappa shape index (κ2) is 44.0. The van der Waals surface area contributed by atoms with Crippen LogP contribution in [0.25, 0.3) is 0 Å². The largest absolute Gasteiger partial charge is 0.472 e. The first kappa shape index (κ1) is 58.4. The Hall–Kier alpha value is -2.58. The van der Waals surface area contributed by atoms with Crippen LogP contribution in [-0.4, -0.2) is 75.6 Å². The lowest BCUT2D eigenvalue weighted by Gasteiger charge is -2.24. The second-order valence-electron chi connectivity index (χ2n) is 16.8. The molecule has 0 aromatic heterocycles. The van der Waals surface area contributed by atoms with Gasteiger partial charge in [-0.3, -0.25) is 13.8 Å². The number of esters is 1. The quantitative estimate of drug-likeness (QED) is 0.0214. The van der Waals surface area contributed by atoms with Crippen LogP contribution >= 0.6 is 7.82 Å². The van der Waals surface area contributed by atoms with Gasteiger partial charge in [0, 0.05) is 13.0 Å². The van der Waals surface area contributed by atoms with Crippen molar-refractivity contribution in [1.29, 1.82) is 0 Å². The summed E-state index contributed by atoms with van der Waals surface area (Å²) >= 11 is 0. The zero-order valence-corrected chi connectivity index (χ0v) is 40.5. The topological polar surface area (TPSA) is 91.3 Å². The zero-order chi connectivity index (χ0) is 44.8. The third-order valence-corrected chi connectivity index (χ3v) is 10.6. The molecule has 0 heterocycles. The van der Waals surface area contributed by atoms with Crippen molar-refractivity contribution in [3.63, 3.8) is 0 Å². The van der Waals surface area contributed by atoms with Crippen molar-refractivity contribution in [2.24, 2.45) is 0 Å². The summed E-state index contributed by atoms with van der Waals surface area (Å²) in [6.45, 7) is 5.39. The summed E-state index contributed by atoms with van der Waals surface area (Å²) in [4.78, 5) is 22.9. The first-order valence-electron chi connectivity index (χ1n) is 24.0. The molecule has 0 saturated carbocycles. The Morgan fingerprint density at radius 3 is 1.43 bits per heavy atom. The summed E-state index contributed by atoms with van der Waals surface area (Å²) in [5.41, 5.74) is 0. The van der Waals surface area contributed by atoms with Gasteiger partial charge in [0.05, 0.1) is 34.4 Å².